The van der Waals surface area contributed by atoms with E-state index < -0.39 is 0 Å². The maximum atomic E-state index is 6.41. The maximum absolute atomic E-state index is 6.41. The minimum atomic E-state index is 0.671. The first-order valence-electron chi connectivity index (χ1n) is 9.33. The number of benzene rings is 2. The molecule has 0 spiro atoms. The van der Waals surface area contributed by atoms with E-state index >= 15 is 0 Å². The molecule has 1 aromatic heterocycles. The predicted octanol–water partition coefficient (Wildman–Crippen LogP) is 6.58. The molecule has 2 aromatic carbocycles. The van der Waals surface area contributed by atoms with Crippen molar-refractivity contribution in [1.29, 1.82) is 0 Å². The third-order valence-electron chi connectivity index (χ3n) is 4.96. The van der Waals surface area contributed by atoms with Gasteiger partial charge in [0.1, 0.15) is 0 Å². The van der Waals surface area contributed by atoms with Gasteiger partial charge < -0.3 is 9.88 Å². The van der Waals surface area contributed by atoms with Crippen molar-refractivity contribution in [2.24, 2.45) is 0 Å². The summed E-state index contributed by atoms with van der Waals surface area (Å²) in [5.41, 5.74) is 5.01. The zero-order chi connectivity index (χ0) is 18.5. The zero-order valence-electron chi connectivity index (χ0n) is 15.5. The summed E-state index contributed by atoms with van der Waals surface area (Å²) in [6.07, 6.45) is 3.76. The Bertz CT molecular complexity index is 883. The quantitative estimate of drug-likeness (QED) is 0.430. The average Bonchev–Trinajstić information content (AvgIpc) is 2.89. The van der Waals surface area contributed by atoms with Gasteiger partial charge in [-0.05, 0) is 49.2 Å². The van der Waals surface area contributed by atoms with E-state index in [1.165, 1.54) is 41.4 Å². The van der Waals surface area contributed by atoms with Crippen LogP contribution in [-0.4, -0.2) is 11.1 Å². The minimum Gasteiger partial charge on any atom is -0.340 e. The van der Waals surface area contributed by atoms with E-state index in [1.54, 1.807) is 0 Å². The highest BCUT2D eigenvalue weighted by molar-refractivity contribution is 6.35. The van der Waals surface area contributed by atoms with Gasteiger partial charge in [-0.15, -0.1) is 0 Å². The molecule has 1 N–H and O–H groups in total. The second-order valence-electron chi connectivity index (χ2n) is 6.79. The first-order chi connectivity index (χ1) is 12.6. The van der Waals surface area contributed by atoms with Gasteiger partial charge in [0.25, 0.3) is 0 Å². The third kappa shape index (κ3) is 4.25. The molecule has 0 amide bonds. The lowest BCUT2D eigenvalue weighted by atomic mass is 10.1. The van der Waals surface area contributed by atoms with E-state index in [9.17, 15) is 0 Å². The summed E-state index contributed by atoms with van der Waals surface area (Å²) in [7, 11) is 0. The van der Waals surface area contributed by atoms with Gasteiger partial charge in [0.2, 0.25) is 0 Å². The van der Waals surface area contributed by atoms with E-state index in [4.69, 9.17) is 23.2 Å². The molecule has 0 fully saturated rings. The van der Waals surface area contributed by atoms with Crippen LogP contribution in [0.2, 0.25) is 10.0 Å². The van der Waals surface area contributed by atoms with Gasteiger partial charge in [-0.1, -0.05) is 67.2 Å². The van der Waals surface area contributed by atoms with Gasteiger partial charge in [0.15, 0.2) is 0 Å². The Balaban J connectivity index is 1.89. The van der Waals surface area contributed by atoms with Crippen molar-refractivity contribution in [3.63, 3.8) is 0 Å². The van der Waals surface area contributed by atoms with Gasteiger partial charge in [-0.2, -0.15) is 0 Å². The van der Waals surface area contributed by atoms with Crippen molar-refractivity contribution < 1.29 is 0 Å². The second-order valence-corrected chi connectivity index (χ2v) is 7.63. The molecule has 0 unspecified atom stereocenters. The van der Waals surface area contributed by atoms with E-state index in [1.807, 2.05) is 18.2 Å². The summed E-state index contributed by atoms with van der Waals surface area (Å²) in [5.74, 6) is 0. The van der Waals surface area contributed by atoms with Crippen molar-refractivity contribution in [1.82, 2.24) is 9.88 Å². The Morgan fingerprint density at radius 3 is 2.62 bits per heavy atom. The molecular formula is C22H26Cl2N2. The number of hydrogen-bond acceptors (Lipinski definition) is 1. The molecule has 0 radical (unpaired) electrons. The van der Waals surface area contributed by atoms with E-state index in [0.29, 0.717) is 10.0 Å². The first-order valence-corrected chi connectivity index (χ1v) is 10.1. The van der Waals surface area contributed by atoms with Crippen LogP contribution < -0.4 is 5.32 Å². The van der Waals surface area contributed by atoms with E-state index in [2.05, 4.69) is 48.0 Å². The fraction of sp³-hybridized carbons (Fsp3) is 0.364. The molecule has 4 heteroatoms. The number of nitrogens with one attached hydrogen (secondary N) is 1. The summed E-state index contributed by atoms with van der Waals surface area (Å²) < 4.78 is 2.35. The summed E-state index contributed by atoms with van der Waals surface area (Å²) in [5, 5.41) is 6.31. The zero-order valence-corrected chi connectivity index (χ0v) is 17.0. The van der Waals surface area contributed by atoms with Crippen LogP contribution in [-0.2, 0) is 13.1 Å². The monoisotopic (exact) mass is 388 g/mol. The summed E-state index contributed by atoms with van der Waals surface area (Å²) in [6, 6.07) is 14.3. The highest BCUT2D eigenvalue weighted by atomic mass is 35.5. The molecule has 0 atom stereocenters. The summed E-state index contributed by atoms with van der Waals surface area (Å²) in [4.78, 5) is 0. The molecule has 0 saturated heterocycles. The average molecular weight is 389 g/mol. The second kappa shape index (κ2) is 8.94. The van der Waals surface area contributed by atoms with Crippen LogP contribution >= 0.6 is 23.2 Å². The third-order valence-corrected chi connectivity index (χ3v) is 5.55. The number of fused-ring (bicyclic) bond motifs is 1. The summed E-state index contributed by atoms with van der Waals surface area (Å²) in [6.45, 7) is 7.15. The van der Waals surface area contributed by atoms with Crippen molar-refractivity contribution >= 4 is 34.1 Å². The number of unbranched alkanes of at least 4 members (excludes halogenated alkanes) is 2. The minimum absolute atomic E-state index is 0.671. The standard InChI is InChI=1S/C22H26Cl2N2/c1-3-4-7-12-25-14-20-16(2)26(22-9-6-5-8-19(20)22)15-17-10-11-18(23)13-21(17)24/h5-6,8-11,13,25H,3-4,7,12,14-15H2,1-2H3. The smallest absolute Gasteiger partial charge is 0.0493 e. The van der Waals surface area contributed by atoms with Gasteiger partial charge >= 0.3 is 0 Å². The highest BCUT2D eigenvalue weighted by Crippen LogP contribution is 2.29. The molecule has 2 nitrogen and oxygen atoms in total. The molecular weight excluding hydrogens is 363 g/mol. The normalized spacial score (nSPS) is 11.4. The number of hydrogen-bond donors (Lipinski definition) is 1. The Labute approximate surface area is 166 Å². The molecule has 1 heterocycles. The van der Waals surface area contributed by atoms with Crippen LogP contribution in [0.25, 0.3) is 10.9 Å². The van der Waals surface area contributed by atoms with Gasteiger partial charge in [-0.25, -0.2) is 0 Å². The topological polar surface area (TPSA) is 17.0 Å². The van der Waals surface area contributed by atoms with Crippen molar-refractivity contribution in [2.75, 3.05) is 6.54 Å². The lowest BCUT2D eigenvalue weighted by Gasteiger charge is -2.11. The van der Waals surface area contributed by atoms with Crippen LogP contribution in [0.3, 0.4) is 0 Å². The van der Waals surface area contributed by atoms with Gasteiger partial charge in [0.05, 0.1) is 0 Å². The molecule has 138 valence electrons. The highest BCUT2D eigenvalue weighted by Gasteiger charge is 2.14. The van der Waals surface area contributed by atoms with E-state index in [0.717, 1.165) is 25.2 Å². The number of aromatic nitrogens is 1. The number of nitrogens with zero attached hydrogens (tertiary/aromatic N) is 1. The molecule has 0 aliphatic rings. The van der Waals surface area contributed by atoms with Crippen molar-refractivity contribution in [3.8, 4) is 0 Å². The Kier molecular flexibility index (Phi) is 6.63. The van der Waals surface area contributed by atoms with Crippen LogP contribution in [0.5, 0.6) is 0 Å². The van der Waals surface area contributed by atoms with Gasteiger partial charge in [0, 0.05) is 39.7 Å². The molecule has 0 saturated carbocycles. The lowest BCUT2D eigenvalue weighted by Crippen LogP contribution is -2.15. The Morgan fingerprint density at radius 2 is 1.85 bits per heavy atom. The van der Waals surface area contributed by atoms with Crippen molar-refractivity contribution in [2.45, 2.75) is 46.2 Å². The molecule has 3 aromatic rings. The number of rotatable bonds is 8. The van der Waals surface area contributed by atoms with Gasteiger partial charge in [-0.3, -0.25) is 0 Å². The molecule has 0 bridgehead atoms. The molecule has 0 aliphatic carbocycles. The van der Waals surface area contributed by atoms with Crippen LogP contribution in [0, 0.1) is 6.92 Å². The fourth-order valence-corrected chi connectivity index (χ4v) is 3.93. The predicted molar refractivity (Wildman–Crippen MR) is 113 cm³/mol. The molecule has 26 heavy (non-hydrogen) atoms. The number of halogens is 2. The Hall–Kier alpha value is -1.48. The first kappa shape index (κ1) is 19.3. The maximum Gasteiger partial charge on any atom is 0.0493 e. The van der Waals surface area contributed by atoms with E-state index in [-0.39, 0.29) is 0 Å². The van der Waals surface area contributed by atoms with Crippen LogP contribution in [0.15, 0.2) is 42.5 Å². The number of para-hydroxylation sites is 1. The van der Waals surface area contributed by atoms with Crippen LogP contribution in [0.1, 0.15) is 43.0 Å². The summed E-state index contributed by atoms with van der Waals surface area (Å²) >= 11 is 12.5. The SMILES string of the molecule is CCCCCNCc1c(C)n(Cc2ccc(Cl)cc2Cl)c2ccccc12. The van der Waals surface area contributed by atoms with Crippen molar-refractivity contribution in [3.05, 3.63) is 69.3 Å². The lowest BCUT2D eigenvalue weighted by molar-refractivity contribution is 0.615. The van der Waals surface area contributed by atoms with Crippen LogP contribution in [0.4, 0.5) is 0 Å². The molecule has 3 rings (SSSR count). The molecule has 0 aliphatic heterocycles. The Morgan fingerprint density at radius 1 is 1.04 bits per heavy atom. The largest absolute Gasteiger partial charge is 0.340 e. The fourth-order valence-electron chi connectivity index (χ4n) is 3.46.